The fourth-order valence-corrected chi connectivity index (χ4v) is 2.98. The Bertz CT molecular complexity index is 534. The second-order valence-electron chi connectivity index (χ2n) is 6.26. The predicted molar refractivity (Wildman–Crippen MR) is 88.7 cm³/mol. The summed E-state index contributed by atoms with van der Waals surface area (Å²) in [7, 11) is 0. The number of amides is 2. The van der Waals surface area contributed by atoms with E-state index in [1.165, 1.54) is 25.7 Å². The van der Waals surface area contributed by atoms with Gasteiger partial charge in [-0.1, -0.05) is 37.8 Å². The maximum Gasteiger partial charge on any atom is 0.243 e. The molecule has 0 aliphatic heterocycles. The summed E-state index contributed by atoms with van der Waals surface area (Å²) in [6, 6.07) is 5.80. The first-order valence-electron chi connectivity index (χ1n) is 8.19. The SMILES string of the molecule is Cc1cccc(NC(=O)CNC(=O)CCC2CCCC2)c1C. The van der Waals surface area contributed by atoms with Crippen molar-refractivity contribution in [3.8, 4) is 0 Å². The molecule has 1 saturated carbocycles. The predicted octanol–water partition coefficient (Wildman–Crippen LogP) is 3.33. The minimum atomic E-state index is -0.178. The summed E-state index contributed by atoms with van der Waals surface area (Å²) in [5, 5.41) is 5.56. The third-order valence-corrected chi connectivity index (χ3v) is 4.58. The van der Waals surface area contributed by atoms with Gasteiger partial charge in [0, 0.05) is 12.1 Å². The molecule has 1 aromatic carbocycles. The Balaban J connectivity index is 1.70. The lowest BCUT2D eigenvalue weighted by atomic mass is 10.0. The summed E-state index contributed by atoms with van der Waals surface area (Å²) < 4.78 is 0. The van der Waals surface area contributed by atoms with E-state index in [2.05, 4.69) is 10.6 Å². The van der Waals surface area contributed by atoms with Crippen LogP contribution in [0.2, 0.25) is 0 Å². The molecular formula is C18H26N2O2. The van der Waals surface area contributed by atoms with Crippen LogP contribution in [0.15, 0.2) is 18.2 Å². The van der Waals surface area contributed by atoms with Crippen LogP contribution in [0.4, 0.5) is 5.69 Å². The standard InChI is InChI=1S/C18H26N2O2/c1-13-6-5-9-16(14(13)2)20-18(22)12-19-17(21)11-10-15-7-3-4-8-15/h5-6,9,15H,3-4,7-8,10-12H2,1-2H3,(H,19,21)(H,20,22). The molecule has 0 radical (unpaired) electrons. The summed E-state index contributed by atoms with van der Waals surface area (Å²) in [6.45, 7) is 4.03. The average molecular weight is 302 g/mol. The second-order valence-corrected chi connectivity index (χ2v) is 6.26. The minimum Gasteiger partial charge on any atom is -0.347 e. The van der Waals surface area contributed by atoms with Crippen molar-refractivity contribution >= 4 is 17.5 Å². The molecule has 0 saturated heterocycles. The van der Waals surface area contributed by atoms with Crippen LogP contribution in [0.5, 0.6) is 0 Å². The van der Waals surface area contributed by atoms with E-state index in [1.54, 1.807) is 0 Å². The lowest BCUT2D eigenvalue weighted by molar-refractivity contribution is -0.124. The number of hydrogen-bond acceptors (Lipinski definition) is 2. The van der Waals surface area contributed by atoms with Crippen LogP contribution >= 0.6 is 0 Å². The van der Waals surface area contributed by atoms with Crippen LogP contribution in [0, 0.1) is 19.8 Å². The molecular weight excluding hydrogens is 276 g/mol. The normalized spacial score (nSPS) is 14.8. The van der Waals surface area contributed by atoms with Crippen LogP contribution in [-0.2, 0) is 9.59 Å². The van der Waals surface area contributed by atoms with Crippen LogP contribution in [0.25, 0.3) is 0 Å². The van der Waals surface area contributed by atoms with Crippen molar-refractivity contribution in [1.82, 2.24) is 5.32 Å². The summed E-state index contributed by atoms with van der Waals surface area (Å²) in [5.41, 5.74) is 3.01. The fourth-order valence-electron chi connectivity index (χ4n) is 2.98. The largest absolute Gasteiger partial charge is 0.347 e. The number of carbonyl (C=O) groups excluding carboxylic acids is 2. The lowest BCUT2D eigenvalue weighted by Crippen LogP contribution is -2.33. The van der Waals surface area contributed by atoms with Gasteiger partial charge in [-0.25, -0.2) is 0 Å². The maximum atomic E-state index is 11.9. The second kappa shape index (κ2) is 7.97. The molecule has 120 valence electrons. The monoisotopic (exact) mass is 302 g/mol. The Hall–Kier alpha value is -1.84. The molecule has 2 amide bonds. The Morgan fingerprint density at radius 1 is 1.14 bits per heavy atom. The van der Waals surface area contributed by atoms with E-state index < -0.39 is 0 Å². The number of anilines is 1. The molecule has 1 aromatic rings. The van der Waals surface area contributed by atoms with Gasteiger partial charge in [0.1, 0.15) is 0 Å². The number of nitrogens with one attached hydrogen (secondary N) is 2. The number of aryl methyl sites for hydroxylation is 1. The van der Waals surface area contributed by atoms with Gasteiger partial charge in [-0.2, -0.15) is 0 Å². The molecule has 4 heteroatoms. The van der Waals surface area contributed by atoms with Gasteiger partial charge >= 0.3 is 0 Å². The summed E-state index contributed by atoms with van der Waals surface area (Å²) in [6.07, 6.45) is 6.57. The van der Waals surface area contributed by atoms with E-state index in [0.717, 1.165) is 23.2 Å². The smallest absolute Gasteiger partial charge is 0.243 e. The van der Waals surface area contributed by atoms with Crippen molar-refractivity contribution < 1.29 is 9.59 Å². The molecule has 0 heterocycles. The fraction of sp³-hybridized carbons (Fsp3) is 0.556. The third-order valence-electron chi connectivity index (χ3n) is 4.58. The molecule has 22 heavy (non-hydrogen) atoms. The first-order chi connectivity index (χ1) is 10.6. The molecule has 1 aliphatic rings. The van der Waals surface area contributed by atoms with Crippen molar-refractivity contribution in [1.29, 1.82) is 0 Å². The third kappa shape index (κ3) is 4.86. The van der Waals surface area contributed by atoms with Gasteiger partial charge in [-0.3, -0.25) is 9.59 Å². The van der Waals surface area contributed by atoms with E-state index in [-0.39, 0.29) is 18.4 Å². The molecule has 1 fully saturated rings. The van der Waals surface area contributed by atoms with E-state index in [4.69, 9.17) is 0 Å². The van der Waals surface area contributed by atoms with Crippen molar-refractivity contribution in [3.63, 3.8) is 0 Å². The highest BCUT2D eigenvalue weighted by molar-refractivity contribution is 5.95. The van der Waals surface area contributed by atoms with E-state index in [9.17, 15) is 9.59 Å². The first kappa shape index (κ1) is 16.5. The van der Waals surface area contributed by atoms with Gasteiger partial charge in [0.05, 0.1) is 6.54 Å². The summed E-state index contributed by atoms with van der Waals surface area (Å²) >= 11 is 0. The number of carbonyl (C=O) groups is 2. The molecule has 0 unspecified atom stereocenters. The van der Waals surface area contributed by atoms with E-state index in [1.807, 2.05) is 32.0 Å². The molecule has 2 rings (SSSR count). The van der Waals surface area contributed by atoms with Crippen molar-refractivity contribution in [2.75, 3.05) is 11.9 Å². The molecule has 4 nitrogen and oxygen atoms in total. The van der Waals surface area contributed by atoms with Crippen LogP contribution < -0.4 is 10.6 Å². The number of rotatable bonds is 6. The van der Waals surface area contributed by atoms with Gasteiger partial charge in [0.25, 0.3) is 0 Å². The summed E-state index contributed by atoms with van der Waals surface area (Å²) in [4.78, 5) is 23.7. The summed E-state index contributed by atoms with van der Waals surface area (Å²) in [5.74, 6) is 0.500. The number of benzene rings is 1. The maximum absolute atomic E-state index is 11.9. The zero-order chi connectivity index (χ0) is 15.9. The molecule has 1 aliphatic carbocycles. The van der Waals surface area contributed by atoms with Crippen molar-refractivity contribution in [3.05, 3.63) is 29.3 Å². The molecule has 0 aromatic heterocycles. The van der Waals surface area contributed by atoms with E-state index in [0.29, 0.717) is 12.3 Å². The number of hydrogen-bond donors (Lipinski definition) is 2. The zero-order valence-electron chi connectivity index (χ0n) is 13.6. The highest BCUT2D eigenvalue weighted by Gasteiger charge is 2.16. The highest BCUT2D eigenvalue weighted by atomic mass is 16.2. The zero-order valence-corrected chi connectivity index (χ0v) is 13.6. The minimum absolute atomic E-state index is 0.0250. The van der Waals surface area contributed by atoms with Gasteiger partial charge in [0.15, 0.2) is 0 Å². The van der Waals surface area contributed by atoms with E-state index >= 15 is 0 Å². The van der Waals surface area contributed by atoms with Gasteiger partial charge in [-0.05, 0) is 43.4 Å². The molecule has 0 spiro atoms. The molecule has 0 atom stereocenters. The quantitative estimate of drug-likeness (QED) is 0.847. The van der Waals surface area contributed by atoms with Crippen molar-refractivity contribution in [2.24, 2.45) is 5.92 Å². The van der Waals surface area contributed by atoms with Crippen LogP contribution in [0.1, 0.15) is 49.7 Å². The van der Waals surface area contributed by atoms with Gasteiger partial charge in [0.2, 0.25) is 11.8 Å². The van der Waals surface area contributed by atoms with Crippen LogP contribution in [-0.4, -0.2) is 18.4 Å². The Morgan fingerprint density at radius 3 is 2.59 bits per heavy atom. The lowest BCUT2D eigenvalue weighted by Gasteiger charge is -2.11. The highest BCUT2D eigenvalue weighted by Crippen LogP contribution is 2.28. The molecule has 0 bridgehead atoms. The molecule has 2 N–H and O–H groups in total. The topological polar surface area (TPSA) is 58.2 Å². The van der Waals surface area contributed by atoms with Gasteiger partial charge in [-0.15, -0.1) is 0 Å². The Labute approximate surface area is 132 Å². The Morgan fingerprint density at radius 2 is 1.86 bits per heavy atom. The average Bonchev–Trinajstić information content (AvgIpc) is 3.01. The van der Waals surface area contributed by atoms with Crippen molar-refractivity contribution in [2.45, 2.75) is 52.4 Å². The van der Waals surface area contributed by atoms with Gasteiger partial charge < -0.3 is 10.6 Å². The van der Waals surface area contributed by atoms with Crippen LogP contribution in [0.3, 0.4) is 0 Å². The Kier molecular flexibility index (Phi) is 5.99. The first-order valence-corrected chi connectivity index (χ1v) is 8.19.